The van der Waals surface area contributed by atoms with Gasteiger partial charge < -0.3 is 5.11 Å². The van der Waals surface area contributed by atoms with Gasteiger partial charge in [0, 0.05) is 11.1 Å². The van der Waals surface area contributed by atoms with Crippen LogP contribution in [0.2, 0.25) is 0 Å². The molecule has 1 unspecified atom stereocenters. The first-order chi connectivity index (χ1) is 10.1. The summed E-state index contributed by atoms with van der Waals surface area (Å²) in [7, 11) is 0. The van der Waals surface area contributed by atoms with Gasteiger partial charge in [0.15, 0.2) is 0 Å². The van der Waals surface area contributed by atoms with E-state index in [4.69, 9.17) is 0 Å². The molecule has 0 fully saturated rings. The third-order valence-corrected chi connectivity index (χ3v) is 4.69. The van der Waals surface area contributed by atoms with Crippen molar-refractivity contribution in [3.8, 4) is 0 Å². The molecule has 0 spiro atoms. The fourth-order valence-corrected chi connectivity index (χ4v) is 3.10. The van der Waals surface area contributed by atoms with Crippen molar-refractivity contribution in [3.05, 3.63) is 39.8 Å². The molecule has 108 valence electrons. The number of hydrogen-bond donors (Lipinski definition) is 1. The molecule has 3 rings (SSSR count). The second-order valence-corrected chi connectivity index (χ2v) is 5.85. The van der Waals surface area contributed by atoms with E-state index in [0.717, 1.165) is 11.4 Å². The number of fused-ring (bicyclic) bond motifs is 1. The molecule has 0 aliphatic carbocycles. The molecule has 0 bridgehead atoms. The van der Waals surface area contributed by atoms with Crippen LogP contribution in [0.15, 0.2) is 24.4 Å². The largest absolute Gasteiger partial charge is 0.478 e. The number of benzene rings is 1. The van der Waals surface area contributed by atoms with Gasteiger partial charge in [0.1, 0.15) is 16.6 Å². The fourth-order valence-electron chi connectivity index (χ4n) is 2.20. The second kappa shape index (κ2) is 5.25. The maximum atomic E-state index is 11.2. The van der Waals surface area contributed by atoms with Crippen molar-refractivity contribution in [1.82, 2.24) is 20.0 Å². The predicted octanol–water partition coefficient (Wildman–Crippen LogP) is 2.76. The zero-order chi connectivity index (χ0) is 15.0. The van der Waals surface area contributed by atoms with Crippen LogP contribution >= 0.6 is 11.3 Å². The van der Waals surface area contributed by atoms with Gasteiger partial charge in [-0.2, -0.15) is 0 Å². The van der Waals surface area contributed by atoms with E-state index in [1.54, 1.807) is 22.1 Å². The van der Waals surface area contributed by atoms with Gasteiger partial charge in [0.05, 0.1) is 11.1 Å². The lowest BCUT2D eigenvalue weighted by molar-refractivity contribution is 0.0699. The zero-order valence-electron chi connectivity index (χ0n) is 11.6. The molecule has 1 atom stereocenters. The highest BCUT2D eigenvalue weighted by Crippen LogP contribution is 2.26. The number of carboxylic acid groups (broad SMARTS) is 1. The summed E-state index contributed by atoms with van der Waals surface area (Å²) >= 11 is 1.64. The summed E-state index contributed by atoms with van der Waals surface area (Å²) in [5.41, 5.74) is 1.28. The molecule has 0 amide bonds. The van der Waals surface area contributed by atoms with Crippen LogP contribution in [0.1, 0.15) is 40.1 Å². The SMILES string of the molecule is CCc1cnc(C(C)n2nnc3c(C(=O)O)cccc32)s1. The molecule has 2 aromatic heterocycles. The number of thiazole rings is 1. The Bertz CT molecular complexity index is 808. The number of carbonyl (C=O) groups is 1. The lowest BCUT2D eigenvalue weighted by atomic mass is 10.2. The minimum atomic E-state index is -0.997. The van der Waals surface area contributed by atoms with Crippen molar-refractivity contribution in [3.63, 3.8) is 0 Å². The number of nitrogens with zero attached hydrogens (tertiary/aromatic N) is 4. The molecular formula is C14H14N4O2S. The van der Waals surface area contributed by atoms with Gasteiger partial charge in [0.2, 0.25) is 0 Å². The van der Waals surface area contributed by atoms with Crippen LogP contribution in [0.25, 0.3) is 11.0 Å². The molecule has 2 heterocycles. The van der Waals surface area contributed by atoms with Crippen molar-refractivity contribution >= 4 is 28.3 Å². The van der Waals surface area contributed by atoms with Crippen LogP contribution in [-0.2, 0) is 6.42 Å². The highest BCUT2D eigenvalue weighted by Gasteiger charge is 2.19. The van der Waals surface area contributed by atoms with E-state index in [0.29, 0.717) is 11.0 Å². The van der Waals surface area contributed by atoms with Crippen molar-refractivity contribution in [1.29, 1.82) is 0 Å². The molecule has 0 saturated heterocycles. The molecule has 0 aliphatic heterocycles. The first-order valence-corrected chi connectivity index (χ1v) is 7.45. The van der Waals surface area contributed by atoms with Gasteiger partial charge in [0.25, 0.3) is 0 Å². The average Bonchev–Trinajstić information content (AvgIpc) is 3.12. The topological polar surface area (TPSA) is 80.9 Å². The third kappa shape index (κ3) is 2.29. The summed E-state index contributed by atoms with van der Waals surface area (Å²) in [5, 5.41) is 18.3. The van der Waals surface area contributed by atoms with E-state index in [2.05, 4.69) is 22.2 Å². The van der Waals surface area contributed by atoms with Gasteiger partial charge in [-0.3, -0.25) is 0 Å². The maximum absolute atomic E-state index is 11.2. The quantitative estimate of drug-likeness (QED) is 0.801. The minimum Gasteiger partial charge on any atom is -0.478 e. The molecule has 1 N–H and O–H groups in total. The van der Waals surface area contributed by atoms with Gasteiger partial charge in [-0.1, -0.05) is 18.2 Å². The Kier molecular flexibility index (Phi) is 3.42. The first kappa shape index (κ1) is 13.7. The number of rotatable bonds is 4. The summed E-state index contributed by atoms with van der Waals surface area (Å²) in [6.45, 7) is 4.08. The summed E-state index contributed by atoms with van der Waals surface area (Å²) in [5.74, 6) is -0.997. The van der Waals surface area contributed by atoms with Crippen LogP contribution in [0, 0.1) is 0 Å². The van der Waals surface area contributed by atoms with Gasteiger partial charge in [-0.15, -0.1) is 16.4 Å². The van der Waals surface area contributed by atoms with E-state index >= 15 is 0 Å². The second-order valence-electron chi connectivity index (χ2n) is 4.71. The summed E-state index contributed by atoms with van der Waals surface area (Å²) in [4.78, 5) is 16.9. The molecule has 7 heteroatoms. The third-order valence-electron chi connectivity index (χ3n) is 3.38. The molecule has 0 aliphatic rings. The van der Waals surface area contributed by atoms with Crippen molar-refractivity contribution in [2.75, 3.05) is 0 Å². The Hall–Kier alpha value is -2.28. The standard InChI is InChI=1S/C14H14N4O2S/c1-3-9-7-15-13(21-9)8(2)18-11-6-4-5-10(14(19)20)12(11)16-17-18/h4-8H,3H2,1-2H3,(H,19,20). The van der Waals surface area contributed by atoms with Crippen molar-refractivity contribution in [2.45, 2.75) is 26.3 Å². The summed E-state index contributed by atoms with van der Waals surface area (Å²) in [6.07, 6.45) is 2.82. The molecule has 0 saturated carbocycles. The average molecular weight is 302 g/mol. The Balaban J connectivity index is 2.08. The zero-order valence-corrected chi connectivity index (χ0v) is 12.5. The van der Waals surface area contributed by atoms with E-state index in [1.165, 1.54) is 10.9 Å². The van der Waals surface area contributed by atoms with E-state index in [1.807, 2.05) is 19.2 Å². The van der Waals surface area contributed by atoms with Crippen LogP contribution < -0.4 is 0 Å². The number of aromatic carboxylic acids is 1. The summed E-state index contributed by atoms with van der Waals surface area (Å²) in [6, 6.07) is 4.99. The molecule has 1 aromatic carbocycles. The molecular weight excluding hydrogens is 288 g/mol. The molecule has 21 heavy (non-hydrogen) atoms. The number of aryl methyl sites for hydroxylation is 1. The van der Waals surface area contributed by atoms with Crippen LogP contribution in [0.5, 0.6) is 0 Å². The number of carboxylic acids is 1. The Morgan fingerprint density at radius 2 is 2.29 bits per heavy atom. The summed E-state index contributed by atoms with van der Waals surface area (Å²) < 4.78 is 1.72. The van der Waals surface area contributed by atoms with E-state index < -0.39 is 5.97 Å². The van der Waals surface area contributed by atoms with Crippen LogP contribution in [0.3, 0.4) is 0 Å². The number of hydrogen-bond acceptors (Lipinski definition) is 5. The molecule has 3 aromatic rings. The smallest absolute Gasteiger partial charge is 0.338 e. The first-order valence-electron chi connectivity index (χ1n) is 6.63. The Morgan fingerprint density at radius 3 is 2.95 bits per heavy atom. The highest BCUT2D eigenvalue weighted by molar-refractivity contribution is 7.11. The number of aromatic nitrogens is 4. The monoisotopic (exact) mass is 302 g/mol. The van der Waals surface area contributed by atoms with Gasteiger partial charge in [-0.25, -0.2) is 14.5 Å². The predicted molar refractivity (Wildman–Crippen MR) is 79.8 cm³/mol. The van der Waals surface area contributed by atoms with Crippen LogP contribution in [0.4, 0.5) is 0 Å². The van der Waals surface area contributed by atoms with Gasteiger partial charge in [-0.05, 0) is 25.5 Å². The Morgan fingerprint density at radius 1 is 1.48 bits per heavy atom. The van der Waals surface area contributed by atoms with E-state index in [-0.39, 0.29) is 11.6 Å². The van der Waals surface area contributed by atoms with Gasteiger partial charge >= 0.3 is 5.97 Å². The minimum absolute atomic E-state index is 0.0793. The van der Waals surface area contributed by atoms with Crippen LogP contribution in [-0.4, -0.2) is 31.1 Å². The molecule has 0 radical (unpaired) electrons. The van der Waals surface area contributed by atoms with E-state index in [9.17, 15) is 9.90 Å². The van der Waals surface area contributed by atoms with Crippen molar-refractivity contribution < 1.29 is 9.90 Å². The normalized spacial score (nSPS) is 12.7. The highest BCUT2D eigenvalue weighted by atomic mass is 32.1. The molecule has 6 nitrogen and oxygen atoms in total. The maximum Gasteiger partial charge on any atom is 0.338 e. The lowest BCUT2D eigenvalue weighted by Gasteiger charge is -2.09. The fraction of sp³-hybridized carbons (Fsp3) is 0.286. The Labute approximate surface area is 125 Å². The van der Waals surface area contributed by atoms with Crippen molar-refractivity contribution in [2.24, 2.45) is 0 Å². The lowest BCUT2D eigenvalue weighted by Crippen LogP contribution is -2.08.